The van der Waals surface area contributed by atoms with Crippen molar-refractivity contribution < 1.29 is 29.0 Å². The van der Waals surface area contributed by atoms with Gasteiger partial charge in [-0.25, -0.2) is 9.59 Å². The Balaban J connectivity index is 1.73. The third-order valence-electron chi connectivity index (χ3n) is 5.49. The second kappa shape index (κ2) is 9.55. The fourth-order valence-electron chi connectivity index (χ4n) is 3.65. The van der Waals surface area contributed by atoms with Gasteiger partial charge in [0, 0.05) is 29.4 Å². The van der Waals surface area contributed by atoms with E-state index in [-0.39, 0.29) is 25.0 Å². The minimum absolute atomic E-state index is 0.0639. The highest BCUT2D eigenvalue weighted by atomic mass is 16.5. The summed E-state index contributed by atoms with van der Waals surface area (Å²) in [4.78, 5) is 36.6. The van der Waals surface area contributed by atoms with Crippen LogP contribution in [0.1, 0.15) is 28.7 Å². The Morgan fingerprint density at radius 1 is 1.09 bits per heavy atom. The number of ether oxygens (including phenoxy) is 1. The van der Waals surface area contributed by atoms with Crippen LogP contribution < -0.4 is 15.7 Å². The molecule has 3 rings (SSSR count). The number of amides is 1. The van der Waals surface area contributed by atoms with Crippen LogP contribution >= 0.6 is 0 Å². The second-order valence-corrected chi connectivity index (χ2v) is 7.59. The highest BCUT2D eigenvalue weighted by Gasteiger charge is 2.21. The van der Waals surface area contributed by atoms with Gasteiger partial charge in [0.1, 0.15) is 23.1 Å². The largest absolute Gasteiger partial charge is 0.508 e. The summed E-state index contributed by atoms with van der Waals surface area (Å²) in [5, 5.41) is 22.1. The molecule has 1 amide bonds. The van der Waals surface area contributed by atoms with Crippen molar-refractivity contribution in [3.05, 3.63) is 69.1 Å². The van der Waals surface area contributed by atoms with Crippen molar-refractivity contribution in [1.29, 1.82) is 0 Å². The number of aryl methyl sites for hydroxylation is 2. The molecule has 0 saturated carbocycles. The number of aromatic hydroxyl groups is 1. The van der Waals surface area contributed by atoms with E-state index in [9.17, 15) is 24.6 Å². The smallest absolute Gasteiger partial charge is 0.339 e. The first kappa shape index (κ1) is 22.9. The third kappa shape index (κ3) is 4.91. The average Bonchev–Trinajstić information content (AvgIpc) is 2.75. The van der Waals surface area contributed by atoms with E-state index in [1.807, 2.05) is 0 Å². The Labute approximate surface area is 184 Å². The first-order valence-electron chi connectivity index (χ1n) is 10.1. The van der Waals surface area contributed by atoms with Crippen LogP contribution in [0.5, 0.6) is 11.5 Å². The molecule has 0 radical (unpaired) electrons. The zero-order valence-corrected chi connectivity index (χ0v) is 18.1. The van der Waals surface area contributed by atoms with Crippen molar-refractivity contribution in [3.8, 4) is 11.5 Å². The number of carbonyl (C=O) groups excluding carboxylic acids is 1. The Kier molecular flexibility index (Phi) is 6.82. The van der Waals surface area contributed by atoms with Gasteiger partial charge in [0.25, 0.3) is 0 Å². The summed E-state index contributed by atoms with van der Waals surface area (Å²) in [6.45, 7) is 3.60. The number of fused-ring (bicyclic) bond motifs is 1. The Hall–Kier alpha value is -3.81. The molecule has 1 aromatic heterocycles. The van der Waals surface area contributed by atoms with E-state index in [0.29, 0.717) is 33.6 Å². The average molecular weight is 439 g/mol. The summed E-state index contributed by atoms with van der Waals surface area (Å²) < 4.78 is 10.8. The Morgan fingerprint density at radius 2 is 1.78 bits per heavy atom. The van der Waals surface area contributed by atoms with Gasteiger partial charge in [-0.15, -0.1) is 0 Å². The van der Waals surface area contributed by atoms with E-state index in [1.165, 1.54) is 19.2 Å². The number of methoxy groups -OCH3 is 1. The van der Waals surface area contributed by atoms with E-state index >= 15 is 0 Å². The fourth-order valence-corrected chi connectivity index (χ4v) is 3.65. The first-order valence-corrected chi connectivity index (χ1v) is 10.1. The molecule has 1 atom stereocenters. The molecule has 1 heterocycles. The zero-order chi connectivity index (χ0) is 23.4. The highest BCUT2D eigenvalue weighted by Crippen LogP contribution is 2.29. The number of nitrogens with one attached hydrogen (secondary N) is 1. The fraction of sp³-hybridized carbons (Fsp3) is 0.292. The van der Waals surface area contributed by atoms with E-state index in [2.05, 4.69) is 5.32 Å². The summed E-state index contributed by atoms with van der Waals surface area (Å²) >= 11 is 0. The number of aliphatic carboxylic acids is 1. The molecule has 3 aromatic rings. The van der Waals surface area contributed by atoms with E-state index in [0.717, 1.165) is 5.39 Å². The highest BCUT2D eigenvalue weighted by molar-refractivity contribution is 5.86. The number of phenols is 1. The third-order valence-corrected chi connectivity index (χ3v) is 5.49. The van der Waals surface area contributed by atoms with E-state index in [4.69, 9.17) is 9.15 Å². The molecule has 0 bridgehead atoms. The summed E-state index contributed by atoms with van der Waals surface area (Å²) in [7, 11) is 1.54. The number of phenolic OH excluding ortho intramolecular Hbond substituents is 1. The van der Waals surface area contributed by atoms with Crippen molar-refractivity contribution in [3.63, 3.8) is 0 Å². The molecule has 8 heteroatoms. The normalized spacial score (nSPS) is 11.8. The quantitative estimate of drug-likeness (QED) is 0.461. The minimum Gasteiger partial charge on any atom is -0.508 e. The van der Waals surface area contributed by atoms with Gasteiger partial charge in [0.15, 0.2) is 0 Å². The summed E-state index contributed by atoms with van der Waals surface area (Å²) in [5.41, 5.74) is 2.38. The Bertz CT molecular complexity index is 1210. The number of hydrogen-bond donors (Lipinski definition) is 3. The van der Waals surface area contributed by atoms with Gasteiger partial charge < -0.3 is 24.7 Å². The Morgan fingerprint density at radius 3 is 2.41 bits per heavy atom. The molecule has 32 heavy (non-hydrogen) atoms. The van der Waals surface area contributed by atoms with E-state index in [1.54, 1.807) is 38.1 Å². The van der Waals surface area contributed by atoms with Gasteiger partial charge >= 0.3 is 11.6 Å². The maximum atomic E-state index is 12.6. The molecule has 0 aliphatic carbocycles. The van der Waals surface area contributed by atoms with Crippen molar-refractivity contribution in [2.45, 2.75) is 39.2 Å². The van der Waals surface area contributed by atoms with Crippen molar-refractivity contribution >= 4 is 22.8 Å². The molecule has 3 N–H and O–H groups in total. The number of carboxylic acid groups (broad SMARTS) is 1. The molecule has 0 aliphatic rings. The van der Waals surface area contributed by atoms with Crippen molar-refractivity contribution in [1.82, 2.24) is 5.32 Å². The predicted octanol–water partition coefficient (Wildman–Crippen LogP) is 2.87. The summed E-state index contributed by atoms with van der Waals surface area (Å²) in [6, 6.07) is 8.57. The molecule has 1 unspecified atom stereocenters. The lowest BCUT2D eigenvalue weighted by Gasteiger charge is -2.15. The molecule has 0 saturated heterocycles. The zero-order valence-electron chi connectivity index (χ0n) is 18.1. The van der Waals surface area contributed by atoms with Crippen molar-refractivity contribution in [2.75, 3.05) is 7.11 Å². The maximum absolute atomic E-state index is 12.6. The lowest BCUT2D eigenvalue weighted by Crippen LogP contribution is -2.42. The summed E-state index contributed by atoms with van der Waals surface area (Å²) in [5.74, 6) is -0.971. The van der Waals surface area contributed by atoms with E-state index < -0.39 is 23.5 Å². The molecule has 0 aliphatic heterocycles. The van der Waals surface area contributed by atoms with Crippen LogP contribution in [0.2, 0.25) is 0 Å². The van der Waals surface area contributed by atoms with Crippen LogP contribution in [0.4, 0.5) is 0 Å². The van der Waals surface area contributed by atoms with Crippen LogP contribution in [0.25, 0.3) is 11.0 Å². The molecular weight excluding hydrogens is 414 g/mol. The topological polar surface area (TPSA) is 126 Å². The number of hydrogen-bond acceptors (Lipinski definition) is 6. The SMILES string of the molecule is COc1ccc2c(C)c(CCC(=O)NC(Cc3ccc(O)cc3)C(=O)O)c(=O)oc2c1C. The van der Waals surface area contributed by atoms with Crippen LogP contribution in [-0.2, 0) is 22.4 Å². The number of rotatable bonds is 8. The number of carbonyl (C=O) groups is 2. The lowest BCUT2D eigenvalue weighted by atomic mass is 10.00. The lowest BCUT2D eigenvalue weighted by molar-refractivity contribution is -0.141. The molecule has 0 fully saturated rings. The summed E-state index contributed by atoms with van der Waals surface area (Å²) in [6.07, 6.45) is 0.123. The van der Waals surface area contributed by atoms with Gasteiger partial charge in [0.05, 0.1) is 7.11 Å². The van der Waals surface area contributed by atoms with Crippen LogP contribution in [0.3, 0.4) is 0 Å². The molecular formula is C24H25NO7. The van der Waals surface area contributed by atoms with Gasteiger partial charge in [-0.2, -0.15) is 0 Å². The van der Waals surface area contributed by atoms with Crippen LogP contribution in [0.15, 0.2) is 45.6 Å². The van der Waals surface area contributed by atoms with Gasteiger partial charge in [-0.1, -0.05) is 12.1 Å². The van der Waals surface area contributed by atoms with Crippen LogP contribution in [-0.4, -0.2) is 35.2 Å². The number of carboxylic acids is 1. The first-order chi connectivity index (χ1) is 15.2. The monoisotopic (exact) mass is 439 g/mol. The molecule has 0 spiro atoms. The number of benzene rings is 2. The maximum Gasteiger partial charge on any atom is 0.339 e. The van der Waals surface area contributed by atoms with Crippen molar-refractivity contribution in [2.24, 2.45) is 0 Å². The standard InChI is InChI=1S/C24H25NO7/c1-13-17-8-10-20(31-3)14(2)22(17)32-24(30)18(13)9-11-21(27)25-19(23(28)29)12-15-4-6-16(26)7-5-15/h4-8,10,19,26H,9,11-12H2,1-3H3,(H,25,27)(H,28,29). The molecule has 8 nitrogen and oxygen atoms in total. The predicted molar refractivity (Wildman–Crippen MR) is 118 cm³/mol. The van der Waals surface area contributed by atoms with Gasteiger partial charge in [0.2, 0.25) is 5.91 Å². The molecule has 2 aromatic carbocycles. The molecule has 168 valence electrons. The van der Waals surface area contributed by atoms with Gasteiger partial charge in [-0.3, -0.25) is 4.79 Å². The van der Waals surface area contributed by atoms with Crippen LogP contribution in [0, 0.1) is 13.8 Å². The second-order valence-electron chi connectivity index (χ2n) is 7.59. The van der Waals surface area contributed by atoms with Gasteiger partial charge in [-0.05, 0) is 55.7 Å². The minimum atomic E-state index is -1.17.